The Bertz CT molecular complexity index is 1660. The molecule has 6 aromatic rings. The first-order valence-corrected chi connectivity index (χ1v) is 14.7. The van der Waals surface area contributed by atoms with Gasteiger partial charge in [0.05, 0.1) is 11.0 Å². The van der Waals surface area contributed by atoms with E-state index < -0.39 is 8.80 Å². The number of anilines is 3. The fraction of sp³-hybridized carbons (Fsp3) is 0.0312. The van der Waals surface area contributed by atoms with Crippen molar-refractivity contribution in [1.29, 1.82) is 0 Å². The zero-order valence-corrected chi connectivity index (χ0v) is 21.2. The van der Waals surface area contributed by atoms with Gasteiger partial charge in [0.25, 0.3) is 0 Å². The van der Waals surface area contributed by atoms with Crippen LogP contribution in [0.3, 0.4) is 0 Å². The van der Waals surface area contributed by atoms with Crippen molar-refractivity contribution in [3.63, 3.8) is 0 Å². The maximum absolute atomic E-state index is 5.04. The van der Waals surface area contributed by atoms with E-state index in [4.69, 9.17) is 4.98 Å². The number of benzene rings is 5. The number of hydrogen-bond acceptors (Lipinski definition) is 2. The normalized spacial score (nSPS) is 13.0. The lowest BCUT2D eigenvalue weighted by Crippen LogP contribution is -2.47. The molecular weight excluding hydrogens is 454 g/mol. The molecule has 0 atom stereocenters. The largest absolute Gasteiger partial charge is 0.311 e. The van der Waals surface area contributed by atoms with E-state index in [9.17, 15) is 0 Å². The Kier molecular flexibility index (Phi) is 4.86. The maximum Gasteiger partial charge on any atom is 0.145 e. The highest BCUT2D eigenvalue weighted by molar-refractivity contribution is 6.87. The highest BCUT2D eigenvalue weighted by atomic mass is 28.3. The molecule has 36 heavy (non-hydrogen) atoms. The van der Waals surface area contributed by atoms with E-state index in [1.165, 1.54) is 27.4 Å². The van der Waals surface area contributed by atoms with Crippen LogP contribution in [-0.2, 0) is 0 Å². The van der Waals surface area contributed by atoms with Crippen LogP contribution < -0.4 is 15.3 Å². The van der Waals surface area contributed by atoms with Gasteiger partial charge in [0.2, 0.25) is 0 Å². The van der Waals surface area contributed by atoms with E-state index in [2.05, 4.69) is 137 Å². The quantitative estimate of drug-likeness (QED) is 0.272. The standard InChI is InChI=1S/C32H25N3Si/c1-36-30-17-9-7-15-28(30)34(29-16-8-10-18-31(29)36)25-21-19-23(20-22-25)32-33-26-13-5-6-14-27(26)35(32)24-11-3-2-4-12-24/h2-22,36H,1H3. The summed E-state index contributed by atoms with van der Waals surface area (Å²) in [6.07, 6.45) is 0. The Morgan fingerprint density at radius 2 is 1.14 bits per heavy atom. The Morgan fingerprint density at radius 3 is 1.83 bits per heavy atom. The number of fused-ring (bicyclic) bond motifs is 3. The highest BCUT2D eigenvalue weighted by Crippen LogP contribution is 2.37. The molecule has 1 aliphatic heterocycles. The van der Waals surface area contributed by atoms with Crippen LogP contribution in [-0.4, -0.2) is 18.3 Å². The van der Waals surface area contributed by atoms with Gasteiger partial charge in [-0.25, -0.2) is 4.98 Å². The maximum atomic E-state index is 5.04. The lowest BCUT2D eigenvalue weighted by Gasteiger charge is -2.36. The van der Waals surface area contributed by atoms with E-state index >= 15 is 0 Å². The van der Waals surface area contributed by atoms with Gasteiger partial charge >= 0.3 is 0 Å². The van der Waals surface area contributed by atoms with Crippen molar-refractivity contribution in [3.05, 3.63) is 127 Å². The Balaban J connectivity index is 1.37. The molecule has 5 aromatic carbocycles. The summed E-state index contributed by atoms with van der Waals surface area (Å²) in [4.78, 5) is 7.46. The van der Waals surface area contributed by atoms with Crippen LogP contribution in [0.4, 0.5) is 17.1 Å². The van der Waals surface area contributed by atoms with E-state index in [-0.39, 0.29) is 0 Å². The number of nitrogens with zero attached hydrogens (tertiary/aromatic N) is 3. The van der Waals surface area contributed by atoms with Gasteiger partial charge in [-0.2, -0.15) is 0 Å². The van der Waals surface area contributed by atoms with Crippen molar-refractivity contribution in [2.75, 3.05) is 4.90 Å². The van der Waals surface area contributed by atoms with Crippen LogP contribution in [0.25, 0.3) is 28.1 Å². The fourth-order valence-corrected chi connectivity index (χ4v) is 7.98. The van der Waals surface area contributed by atoms with E-state index in [1.807, 2.05) is 6.07 Å². The number of hydrogen-bond donors (Lipinski definition) is 0. The van der Waals surface area contributed by atoms with Crippen molar-refractivity contribution in [2.45, 2.75) is 6.55 Å². The average molecular weight is 480 g/mol. The molecule has 0 saturated carbocycles. The highest BCUT2D eigenvalue weighted by Gasteiger charge is 2.29. The predicted octanol–water partition coefficient (Wildman–Crippen LogP) is 6.45. The smallest absolute Gasteiger partial charge is 0.145 e. The molecule has 0 N–H and O–H groups in total. The van der Waals surface area contributed by atoms with Crippen molar-refractivity contribution in [2.24, 2.45) is 0 Å². The summed E-state index contributed by atoms with van der Waals surface area (Å²) in [5.41, 5.74) is 8.10. The number of aromatic nitrogens is 2. The molecule has 0 radical (unpaired) electrons. The Hall–Kier alpha value is -4.41. The van der Waals surface area contributed by atoms with Crippen molar-refractivity contribution < 1.29 is 0 Å². The van der Waals surface area contributed by atoms with Crippen LogP contribution in [0.5, 0.6) is 0 Å². The predicted molar refractivity (Wildman–Crippen MR) is 153 cm³/mol. The van der Waals surface area contributed by atoms with Crippen LogP contribution in [0.15, 0.2) is 127 Å². The number of para-hydroxylation sites is 5. The first kappa shape index (κ1) is 20.9. The average Bonchev–Trinajstić information content (AvgIpc) is 3.34. The van der Waals surface area contributed by atoms with Crippen LogP contribution >= 0.6 is 0 Å². The van der Waals surface area contributed by atoms with Crippen molar-refractivity contribution in [3.8, 4) is 17.1 Å². The monoisotopic (exact) mass is 479 g/mol. The molecule has 7 rings (SSSR count). The second kappa shape index (κ2) is 8.36. The topological polar surface area (TPSA) is 21.1 Å². The third-order valence-electron chi connectivity index (χ3n) is 7.25. The zero-order chi connectivity index (χ0) is 24.1. The minimum Gasteiger partial charge on any atom is -0.311 e. The summed E-state index contributed by atoms with van der Waals surface area (Å²) in [6, 6.07) is 45.5. The lowest BCUT2D eigenvalue weighted by molar-refractivity contribution is 1.10. The van der Waals surface area contributed by atoms with Gasteiger partial charge in [-0.15, -0.1) is 0 Å². The molecule has 0 spiro atoms. The molecule has 1 aliphatic rings. The molecule has 1 aromatic heterocycles. The van der Waals surface area contributed by atoms with Crippen LogP contribution in [0.2, 0.25) is 6.55 Å². The minimum atomic E-state index is -1.22. The molecule has 0 saturated heterocycles. The number of rotatable bonds is 3. The first-order valence-electron chi connectivity index (χ1n) is 12.4. The molecule has 0 aliphatic carbocycles. The van der Waals surface area contributed by atoms with Gasteiger partial charge in [0.15, 0.2) is 0 Å². The van der Waals surface area contributed by atoms with Gasteiger partial charge in [-0.3, -0.25) is 4.57 Å². The minimum absolute atomic E-state index is 0.953. The molecule has 3 nitrogen and oxygen atoms in total. The molecule has 0 fully saturated rings. The van der Waals surface area contributed by atoms with Gasteiger partial charge in [0, 0.05) is 28.3 Å². The van der Waals surface area contributed by atoms with Crippen LogP contribution in [0, 0.1) is 0 Å². The summed E-state index contributed by atoms with van der Waals surface area (Å²) in [6.45, 7) is 2.44. The summed E-state index contributed by atoms with van der Waals surface area (Å²) >= 11 is 0. The second-order valence-corrected chi connectivity index (χ2v) is 12.0. The van der Waals surface area contributed by atoms with E-state index in [1.54, 1.807) is 0 Å². The first-order chi connectivity index (χ1) is 17.8. The molecule has 2 heterocycles. The summed E-state index contributed by atoms with van der Waals surface area (Å²) in [5, 5.41) is 2.98. The van der Waals surface area contributed by atoms with Gasteiger partial charge in [-0.05, 0) is 71.0 Å². The molecule has 172 valence electrons. The number of imidazole rings is 1. The summed E-state index contributed by atoms with van der Waals surface area (Å²) in [5.74, 6) is 0.953. The SMILES string of the molecule is C[SiH]1c2ccccc2N(c2ccc(-c3nc4ccccc4n3-c3ccccc3)cc2)c2ccccc21. The summed E-state index contributed by atoms with van der Waals surface area (Å²) in [7, 11) is -1.22. The van der Waals surface area contributed by atoms with Gasteiger partial charge < -0.3 is 4.90 Å². The third kappa shape index (κ3) is 3.22. The molecule has 0 bridgehead atoms. The third-order valence-corrected chi connectivity index (χ3v) is 10.1. The Morgan fingerprint density at radius 1 is 0.556 bits per heavy atom. The lowest BCUT2D eigenvalue weighted by atomic mass is 10.1. The molecule has 0 unspecified atom stereocenters. The van der Waals surface area contributed by atoms with Gasteiger partial charge in [0.1, 0.15) is 14.6 Å². The van der Waals surface area contributed by atoms with E-state index in [0.717, 1.165) is 28.1 Å². The fourth-order valence-electron chi connectivity index (χ4n) is 5.51. The molecular formula is C32H25N3Si. The zero-order valence-electron chi connectivity index (χ0n) is 20.0. The van der Waals surface area contributed by atoms with Gasteiger partial charge in [-0.1, -0.05) is 73.3 Å². The van der Waals surface area contributed by atoms with Crippen molar-refractivity contribution in [1.82, 2.24) is 9.55 Å². The Labute approximate surface area is 212 Å². The molecule has 4 heteroatoms. The molecule has 0 amide bonds. The van der Waals surface area contributed by atoms with E-state index in [0.29, 0.717) is 0 Å². The van der Waals surface area contributed by atoms with Crippen molar-refractivity contribution >= 4 is 47.3 Å². The second-order valence-electron chi connectivity index (χ2n) is 9.32. The van der Waals surface area contributed by atoms with Crippen LogP contribution in [0.1, 0.15) is 0 Å². The summed E-state index contributed by atoms with van der Waals surface area (Å²) < 4.78 is 2.25.